The first-order valence-corrected chi connectivity index (χ1v) is 5.63. The smallest absolute Gasteiger partial charge is 0.0367 e. The molecule has 1 aromatic carbocycles. The Morgan fingerprint density at radius 1 is 1.06 bits per heavy atom. The Hall–Kier alpha value is 0.0839. The average Bonchev–Trinajstić information content (AvgIpc) is 2.30. The zero-order valence-electron chi connectivity index (χ0n) is 10.0. The van der Waals surface area contributed by atoms with Gasteiger partial charge in [0.2, 0.25) is 0 Å². The van der Waals surface area contributed by atoms with Crippen LogP contribution in [0.4, 0.5) is 5.69 Å². The van der Waals surface area contributed by atoms with Crippen molar-refractivity contribution >= 4 is 5.69 Å². The van der Waals surface area contributed by atoms with E-state index in [-0.39, 0.29) is 32.7 Å². The van der Waals surface area contributed by atoms with E-state index < -0.39 is 0 Å². The average molecular weight is 292 g/mol. The number of nitrogens with zero attached hydrogens (tertiary/aromatic N) is 2. The van der Waals surface area contributed by atoms with Gasteiger partial charge in [-0.25, -0.2) is 0 Å². The Bertz CT molecular complexity index is 302. The normalized spacial score (nSPS) is 17.0. The molecular weight excluding hydrogens is 273 g/mol. The standard InChI is InChI=1S/C13H19N2.Y/c1-3-14-8-10-15(11-9-14)13-6-4-12(2)5-7-13;/h4-7H,1,3,8-11H2,2H3;/q-1;. The van der Waals surface area contributed by atoms with E-state index in [9.17, 15) is 0 Å². The number of piperazine rings is 1. The molecule has 0 atom stereocenters. The molecule has 1 saturated heterocycles. The van der Waals surface area contributed by atoms with E-state index in [4.69, 9.17) is 0 Å². The monoisotopic (exact) mass is 292 g/mol. The fourth-order valence-corrected chi connectivity index (χ4v) is 1.99. The van der Waals surface area contributed by atoms with Gasteiger partial charge in [0.05, 0.1) is 0 Å². The predicted octanol–water partition coefficient (Wildman–Crippen LogP) is 1.95. The van der Waals surface area contributed by atoms with Gasteiger partial charge < -0.3 is 16.7 Å². The Labute approximate surface area is 124 Å². The third kappa shape index (κ3) is 3.54. The molecule has 0 N–H and O–H groups in total. The summed E-state index contributed by atoms with van der Waals surface area (Å²) in [7, 11) is 0. The number of aryl methyl sites for hydroxylation is 1. The van der Waals surface area contributed by atoms with Gasteiger partial charge in [-0.1, -0.05) is 17.7 Å². The molecule has 0 aliphatic carbocycles. The predicted molar refractivity (Wildman–Crippen MR) is 65.2 cm³/mol. The SMILES string of the molecule is [CH2-]CN1CCN(c2ccc(C)cc2)CC1.[Y]. The van der Waals surface area contributed by atoms with Crippen molar-refractivity contribution in [2.24, 2.45) is 0 Å². The third-order valence-electron chi connectivity index (χ3n) is 3.09. The van der Waals surface area contributed by atoms with Crippen molar-refractivity contribution in [3.05, 3.63) is 36.8 Å². The van der Waals surface area contributed by atoms with Crippen molar-refractivity contribution in [2.75, 3.05) is 37.6 Å². The summed E-state index contributed by atoms with van der Waals surface area (Å²) < 4.78 is 0. The van der Waals surface area contributed by atoms with E-state index >= 15 is 0 Å². The van der Waals surface area contributed by atoms with Crippen LogP contribution in [0.15, 0.2) is 24.3 Å². The van der Waals surface area contributed by atoms with Crippen LogP contribution < -0.4 is 4.90 Å². The summed E-state index contributed by atoms with van der Waals surface area (Å²) in [4.78, 5) is 4.84. The molecule has 1 aromatic rings. The maximum Gasteiger partial charge on any atom is 0.0367 e. The maximum atomic E-state index is 3.93. The molecule has 0 bridgehead atoms. The molecule has 0 aromatic heterocycles. The van der Waals surface area contributed by atoms with E-state index in [1.165, 1.54) is 11.3 Å². The minimum Gasteiger partial charge on any atom is -0.369 e. The fourth-order valence-electron chi connectivity index (χ4n) is 1.99. The second kappa shape index (κ2) is 6.73. The molecule has 1 aliphatic rings. The van der Waals surface area contributed by atoms with Crippen LogP contribution >= 0.6 is 0 Å². The molecule has 1 fully saturated rings. The molecule has 1 aliphatic heterocycles. The Morgan fingerprint density at radius 3 is 2.12 bits per heavy atom. The van der Waals surface area contributed by atoms with Crippen molar-refractivity contribution in [1.29, 1.82) is 0 Å². The van der Waals surface area contributed by atoms with E-state index in [0.717, 1.165) is 32.7 Å². The Kier molecular flexibility index (Phi) is 5.95. The summed E-state index contributed by atoms with van der Waals surface area (Å²) in [6.45, 7) is 11.5. The summed E-state index contributed by atoms with van der Waals surface area (Å²) in [6, 6.07) is 8.80. The molecule has 1 heterocycles. The number of anilines is 1. The minimum absolute atomic E-state index is 0. The van der Waals surface area contributed by atoms with Gasteiger partial charge in [0.25, 0.3) is 0 Å². The van der Waals surface area contributed by atoms with Gasteiger partial charge in [-0.05, 0) is 19.1 Å². The summed E-state index contributed by atoms with van der Waals surface area (Å²) in [5, 5.41) is 0. The summed E-state index contributed by atoms with van der Waals surface area (Å²) in [5.41, 5.74) is 2.68. The maximum absolute atomic E-state index is 3.93. The summed E-state index contributed by atoms with van der Waals surface area (Å²) in [6.07, 6.45) is 0. The number of rotatable bonds is 2. The second-order valence-electron chi connectivity index (χ2n) is 4.16. The summed E-state index contributed by atoms with van der Waals surface area (Å²) in [5.74, 6) is 0. The van der Waals surface area contributed by atoms with Crippen molar-refractivity contribution in [3.63, 3.8) is 0 Å². The number of hydrogen-bond acceptors (Lipinski definition) is 2. The van der Waals surface area contributed by atoms with Crippen LogP contribution in [0.3, 0.4) is 0 Å². The molecule has 3 heteroatoms. The van der Waals surface area contributed by atoms with E-state index in [0.29, 0.717) is 0 Å². The molecule has 0 spiro atoms. The second-order valence-corrected chi connectivity index (χ2v) is 4.16. The molecule has 0 unspecified atom stereocenters. The van der Waals surface area contributed by atoms with Gasteiger partial charge >= 0.3 is 0 Å². The van der Waals surface area contributed by atoms with E-state index in [1.54, 1.807) is 0 Å². The van der Waals surface area contributed by atoms with Crippen molar-refractivity contribution in [3.8, 4) is 0 Å². The number of hydrogen-bond donors (Lipinski definition) is 0. The fraction of sp³-hybridized carbons (Fsp3) is 0.462. The molecule has 1 radical (unpaired) electrons. The van der Waals surface area contributed by atoms with Gasteiger partial charge in [-0.15, -0.1) is 6.54 Å². The Balaban J connectivity index is 0.00000128. The first kappa shape index (κ1) is 14.1. The zero-order chi connectivity index (χ0) is 10.7. The first-order chi connectivity index (χ1) is 7.29. The van der Waals surface area contributed by atoms with Crippen molar-refractivity contribution in [2.45, 2.75) is 6.92 Å². The molecular formula is C13H19N2Y-. The molecule has 0 amide bonds. The van der Waals surface area contributed by atoms with Gasteiger partial charge in [0.1, 0.15) is 0 Å². The van der Waals surface area contributed by atoms with E-state index in [2.05, 4.69) is 47.9 Å². The summed E-state index contributed by atoms with van der Waals surface area (Å²) >= 11 is 0. The minimum atomic E-state index is 0. The largest absolute Gasteiger partial charge is 0.369 e. The zero-order valence-corrected chi connectivity index (χ0v) is 12.9. The molecule has 2 nitrogen and oxygen atoms in total. The molecule has 0 saturated carbocycles. The topological polar surface area (TPSA) is 6.48 Å². The number of benzene rings is 1. The van der Waals surface area contributed by atoms with Crippen LogP contribution in [-0.2, 0) is 32.7 Å². The van der Waals surface area contributed by atoms with Crippen LogP contribution in [-0.4, -0.2) is 37.6 Å². The quantitative estimate of drug-likeness (QED) is 0.769. The van der Waals surface area contributed by atoms with Crippen LogP contribution in [0.2, 0.25) is 0 Å². The molecule has 85 valence electrons. The van der Waals surface area contributed by atoms with Crippen molar-refractivity contribution in [1.82, 2.24) is 4.90 Å². The first-order valence-electron chi connectivity index (χ1n) is 5.63. The van der Waals surface area contributed by atoms with E-state index in [1.807, 2.05) is 0 Å². The van der Waals surface area contributed by atoms with Gasteiger partial charge in [0, 0.05) is 64.6 Å². The van der Waals surface area contributed by atoms with Gasteiger partial charge in [0.15, 0.2) is 0 Å². The van der Waals surface area contributed by atoms with Crippen LogP contribution in [0.5, 0.6) is 0 Å². The van der Waals surface area contributed by atoms with Crippen LogP contribution in [0.25, 0.3) is 0 Å². The van der Waals surface area contributed by atoms with Crippen LogP contribution in [0, 0.1) is 13.8 Å². The van der Waals surface area contributed by atoms with Gasteiger partial charge in [-0.2, -0.15) is 0 Å². The molecule has 16 heavy (non-hydrogen) atoms. The Morgan fingerprint density at radius 2 is 1.62 bits per heavy atom. The third-order valence-corrected chi connectivity index (χ3v) is 3.09. The van der Waals surface area contributed by atoms with Gasteiger partial charge in [-0.3, -0.25) is 0 Å². The van der Waals surface area contributed by atoms with Crippen LogP contribution in [0.1, 0.15) is 5.56 Å². The molecule has 2 rings (SSSR count). The van der Waals surface area contributed by atoms with Crippen molar-refractivity contribution < 1.29 is 32.7 Å².